The molecule has 0 amide bonds. The molecule has 1 aromatic rings. The molecule has 16 heavy (non-hydrogen) atoms. The summed E-state index contributed by atoms with van der Waals surface area (Å²) in [5, 5.41) is 11.3. The van der Waals surface area contributed by atoms with E-state index in [1.54, 1.807) is 0 Å². The lowest BCUT2D eigenvalue weighted by Gasteiger charge is -2.17. The van der Waals surface area contributed by atoms with Crippen LogP contribution in [0, 0.1) is 6.92 Å². The summed E-state index contributed by atoms with van der Waals surface area (Å²) in [7, 11) is 0. The molecule has 0 spiro atoms. The number of hydrogen-bond acceptors (Lipinski definition) is 4. The second-order valence-electron chi connectivity index (χ2n) is 3.87. The molecule has 1 heterocycles. The van der Waals surface area contributed by atoms with E-state index in [4.69, 9.17) is 0 Å². The molecule has 4 heteroatoms. The molecule has 0 aromatic carbocycles. The van der Waals surface area contributed by atoms with E-state index in [1.807, 2.05) is 19.1 Å². The third-order valence-corrected chi connectivity index (χ3v) is 2.65. The Morgan fingerprint density at radius 3 is 2.50 bits per heavy atom. The van der Waals surface area contributed by atoms with Gasteiger partial charge >= 0.3 is 0 Å². The Kier molecular flexibility index (Phi) is 5.78. The van der Waals surface area contributed by atoms with Crippen LogP contribution in [0.25, 0.3) is 0 Å². The van der Waals surface area contributed by atoms with Crippen molar-refractivity contribution in [1.82, 2.24) is 15.1 Å². The molecule has 90 valence electrons. The Hall–Kier alpha value is -1.16. The van der Waals surface area contributed by atoms with Crippen molar-refractivity contribution in [2.24, 2.45) is 0 Å². The van der Waals surface area contributed by atoms with Gasteiger partial charge < -0.3 is 10.2 Å². The average Bonchev–Trinajstić information content (AvgIpc) is 2.32. The van der Waals surface area contributed by atoms with Crippen LogP contribution in [-0.4, -0.2) is 41.3 Å². The van der Waals surface area contributed by atoms with E-state index in [-0.39, 0.29) is 0 Å². The van der Waals surface area contributed by atoms with Crippen molar-refractivity contribution in [2.45, 2.75) is 27.2 Å². The van der Waals surface area contributed by atoms with E-state index in [1.165, 1.54) is 0 Å². The summed E-state index contributed by atoms with van der Waals surface area (Å²) in [6.45, 7) is 10.7. The number of nitrogens with one attached hydrogen (secondary N) is 1. The van der Waals surface area contributed by atoms with Gasteiger partial charge in [-0.2, -0.15) is 5.10 Å². The zero-order valence-electron chi connectivity index (χ0n) is 10.5. The minimum absolute atomic E-state index is 0.866. The zero-order valence-corrected chi connectivity index (χ0v) is 10.5. The average molecular weight is 222 g/mol. The van der Waals surface area contributed by atoms with Gasteiger partial charge in [0.2, 0.25) is 0 Å². The molecule has 0 aliphatic rings. The molecule has 0 saturated carbocycles. The molecule has 1 rings (SSSR count). The lowest BCUT2D eigenvalue weighted by molar-refractivity contribution is 0.303. The normalized spacial score (nSPS) is 10.8. The van der Waals surface area contributed by atoms with Gasteiger partial charge in [-0.05, 0) is 45.1 Å². The van der Waals surface area contributed by atoms with E-state index in [0.717, 1.165) is 44.1 Å². The van der Waals surface area contributed by atoms with Crippen molar-refractivity contribution < 1.29 is 0 Å². The first kappa shape index (κ1) is 12.9. The number of rotatable bonds is 7. The minimum Gasteiger partial charge on any atom is -0.369 e. The number of aryl methyl sites for hydroxylation is 1. The summed E-state index contributed by atoms with van der Waals surface area (Å²) in [5.74, 6) is 0.866. The topological polar surface area (TPSA) is 41.0 Å². The highest BCUT2D eigenvalue weighted by Crippen LogP contribution is 2.01. The molecule has 0 aliphatic heterocycles. The Bertz CT molecular complexity index is 280. The first-order chi connectivity index (χ1) is 7.76. The van der Waals surface area contributed by atoms with Crippen molar-refractivity contribution in [3.63, 3.8) is 0 Å². The van der Waals surface area contributed by atoms with Crippen molar-refractivity contribution in [2.75, 3.05) is 31.5 Å². The Morgan fingerprint density at radius 1 is 1.19 bits per heavy atom. The maximum absolute atomic E-state index is 4.06. The van der Waals surface area contributed by atoms with E-state index in [0.29, 0.717) is 0 Å². The zero-order chi connectivity index (χ0) is 11.8. The molecule has 1 aromatic heterocycles. The van der Waals surface area contributed by atoms with Crippen LogP contribution in [0.1, 0.15) is 26.0 Å². The summed E-state index contributed by atoms with van der Waals surface area (Å²) in [6.07, 6.45) is 1.14. The minimum atomic E-state index is 0.866. The van der Waals surface area contributed by atoms with Gasteiger partial charge in [0.05, 0.1) is 5.69 Å². The smallest absolute Gasteiger partial charge is 0.148 e. The van der Waals surface area contributed by atoms with Gasteiger partial charge in [0.15, 0.2) is 0 Å². The summed E-state index contributed by atoms with van der Waals surface area (Å²) in [6, 6.07) is 3.94. The Morgan fingerprint density at radius 2 is 1.94 bits per heavy atom. The Balaban J connectivity index is 2.18. The third-order valence-electron chi connectivity index (χ3n) is 2.65. The van der Waals surface area contributed by atoms with Gasteiger partial charge in [0.1, 0.15) is 5.82 Å². The molecule has 0 unspecified atom stereocenters. The second kappa shape index (κ2) is 7.17. The van der Waals surface area contributed by atoms with Crippen molar-refractivity contribution in [1.29, 1.82) is 0 Å². The molecule has 0 radical (unpaired) electrons. The fraction of sp³-hybridized carbons (Fsp3) is 0.667. The van der Waals surface area contributed by atoms with Crippen LogP contribution in [0.3, 0.4) is 0 Å². The summed E-state index contributed by atoms with van der Waals surface area (Å²) >= 11 is 0. The van der Waals surface area contributed by atoms with Crippen LogP contribution >= 0.6 is 0 Å². The highest BCUT2D eigenvalue weighted by Gasteiger charge is 1.98. The van der Waals surface area contributed by atoms with Crippen LogP contribution in [0.2, 0.25) is 0 Å². The molecule has 0 bridgehead atoms. The fourth-order valence-corrected chi connectivity index (χ4v) is 1.55. The van der Waals surface area contributed by atoms with Crippen LogP contribution in [-0.2, 0) is 0 Å². The predicted octanol–water partition coefficient (Wildman–Crippen LogP) is 1.93. The third kappa shape index (κ3) is 4.57. The predicted molar refractivity (Wildman–Crippen MR) is 67.7 cm³/mol. The van der Waals surface area contributed by atoms with Gasteiger partial charge in [-0.3, -0.25) is 0 Å². The van der Waals surface area contributed by atoms with Crippen molar-refractivity contribution >= 4 is 5.82 Å². The molecular weight excluding hydrogens is 200 g/mol. The summed E-state index contributed by atoms with van der Waals surface area (Å²) in [5.41, 5.74) is 0.952. The van der Waals surface area contributed by atoms with Crippen molar-refractivity contribution in [3.05, 3.63) is 17.8 Å². The molecule has 1 N–H and O–H groups in total. The first-order valence-corrected chi connectivity index (χ1v) is 6.02. The summed E-state index contributed by atoms with van der Waals surface area (Å²) in [4.78, 5) is 2.42. The molecule has 0 saturated heterocycles. The van der Waals surface area contributed by atoms with E-state index < -0.39 is 0 Å². The van der Waals surface area contributed by atoms with Crippen LogP contribution in [0.15, 0.2) is 12.1 Å². The number of hydrogen-bond donors (Lipinski definition) is 1. The summed E-state index contributed by atoms with van der Waals surface area (Å²) < 4.78 is 0. The van der Waals surface area contributed by atoms with E-state index in [9.17, 15) is 0 Å². The maximum atomic E-state index is 4.06. The van der Waals surface area contributed by atoms with E-state index >= 15 is 0 Å². The largest absolute Gasteiger partial charge is 0.369 e. The van der Waals surface area contributed by atoms with Crippen LogP contribution < -0.4 is 5.32 Å². The monoisotopic (exact) mass is 222 g/mol. The standard InChI is InChI=1S/C12H22N4/c1-4-16(5-2)10-6-9-13-12-8-7-11(3)14-15-12/h7-8H,4-6,9-10H2,1-3H3,(H,13,15). The van der Waals surface area contributed by atoms with Crippen LogP contribution in [0.4, 0.5) is 5.82 Å². The maximum Gasteiger partial charge on any atom is 0.148 e. The fourth-order valence-electron chi connectivity index (χ4n) is 1.55. The highest BCUT2D eigenvalue weighted by molar-refractivity contribution is 5.32. The number of nitrogens with zero attached hydrogens (tertiary/aromatic N) is 3. The Labute approximate surface area is 98.1 Å². The lowest BCUT2D eigenvalue weighted by Crippen LogP contribution is -2.25. The van der Waals surface area contributed by atoms with Crippen molar-refractivity contribution in [3.8, 4) is 0 Å². The molecule has 0 fully saturated rings. The van der Waals surface area contributed by atoms with Gasteiger partial charge in [-0.25, -0.2) is 0 Å². The molecule has 0 atom stereocenters. The quantitative estimate of drug-likeness (QED) is 0.716. The molecular formula is C12H22N4. The van der Waals surface area contributed by atoms with Gasteiger partial charge in [-0.15, -0.1) is 5.10 Å². The highest BCUT2D eigenvalue weighted by atomic mass is 15.2. The SMILES string of the molecule is CCN(CC)CCCNc1ccc(C)nn1. The second-order valence-corrected chi connectivity index (χ2v) is 3.87. The van der Waals surface area contributed by atoms with Gasteiger partial charge in [-0.1, -0.05) is 13.8 Å². The van der Waals surface area contributed by atoms with E-state index in [2.05, 4.69) is 34.3 Å². The lowest BCUT2D eigenvalue weighted by atomic mass is 10.3. The first-order valence-electron chi connectivity index (χ1n) is 6.02. The molecule has 4 nitrogen and oxygen atoms in total. The number of anilines is 1. The van der Waals surface area contributed by atoms with Gasteiger partial charge in [0.25, 0.3) is 0 Å². The van der Waals surface area contributed by atoms with Gasteiger partial charge in [0, 0.05) is 6.54 Å². The molecule has 0 aliphatic carbocycles. The van der Waals surface area contributed by atoms with Crippen LogP contribution in [0.5, 0.6) is 0 Å². The number of aromatic nitrogens is 2.